The fourth-order valence-electron chi connectivity index (χ4n) is 2.08. The van der Waals surface area contributed by atoms with E-state index < -0.39 is 43.7 Å². The second-order valence-corrected chi connectivity index (χ2v) is 11.5. The molecule has 2 N–H and O–H groups in total. The van der Waals surface area contributed by atoms with E-state index in [1.807, 2.05) is 13.8 Å². The lowest BCUT2D eigenvalue weighted by Crippen LogP contribution is -2.34. The van der Waals surface area contributed by atoms with E-state index in [0.29, 0.717) is 0 Å². The van der Waals surface area contributed by atoms with Gasteiger partial charge in [-0.2, -0.15) is 0 Å². The highest BCUT2D eigenvalue weighted by Gasteiger charge is 2.17. The van der Waals surface area contributed by atoms with Gasteiger partial charge in [-0.05, 0) is 26.7 Å². The second-order valence-electron chi connectivity index (χ2n) is 7.33. The topological polar surface area (TPSA) is 121 Å². The molecule has 0 saturated heterocycles. The maximum absolute atomic E-state index is 11.3. The summed E-state index contributed by atoms with van der Waals surface area (Å²) in [5.41, 5.74) is 0.420. The van der Waals surface area contributed by atoms with Gasteiger partial charge in [0.2, 0.25) is 0 Å². The van der Waals surface area contributed by atoms with Gasteiger partial charge in [0.15, 0.2) is 19.5 Å². The molecule has 0 heterocycles. The number of hydrogen-bond acceptors (Lipinski definition) is 9. The first kappa shape index (κ1) is 29.7. The molecular weight excluding hydrogens is 440 g/mol. The van der Waals surface area contributed by atoms with Gasteiger partial charge in [-0.15, -0.1) is 0 Å². The van der Waals surface area contributed by atoms with Crippen molar-refractivity contribution < 1.29 is 42.9 Å². The lowest BCUT2D eigenvalue weighted by atomic mass is 10.3. The molecule has 0 fully saturated rings. The Morgan fingerprint density at radius 1 is 0.774 bits per heavy atom. The third kappa shape index (κ3) is 15.2. The summed E-state index contributed by atoms with van der Waals surface area (Å²) in [4.78, 5) is 22.7. The molecule has 0 rings (SSSR count). The Kier molecular flexibility index (Phi) is 16.5. The van der Waals surface area contributed by atoms with E-state index in [2.05, 4.69) is 13.2 Å². The van der Waals surface area contributed by atoms with Crippen molar-refractivity contribution in [2.24, 2.45) is 0 Å². The van der Waals surface area contributed by atoms with Crippen LogP contribution in [0.3, 0.4) is 0 Å². The minimum Gasteiger partial charge on any atom is -0.461 e. The van der Waals surface area contributed by atoms with Crippen LogP contribution in [0.25, 0.3) is 0 Å². The predicted octanol–water partition coefficient (Wildman–Crippen LogP) is -0.364. The van der Waals surface area contributed by atoms with Crippen LogP contribution in [0.2, 0.25) is 0 Å². The molecule has 0 amide bonds. The Morgan fingerprint density at radius 3 is 1.42 bits per heavy atom. The average Bonchev–Trinajstić information content (AvgIpc) is 2.74. The smallest absolute Gasteiger partial charge is 0.333 e. The van der Waals surface area contributed by atoms with Crippen molar-refractivity contribution in [3.8, 4) is 0 Å². The van der Waals surface area contributed by atoms with E-state index in [9.17, 15) is 19.8 Å². The average molecular weight is 479 g/mol. The molecule has 4 unspecified atom stereocenters. The molecule has 0 aliphatic carbocycles. The van der Waals surface area contributed by atoms with Crippen LogP contribution in [-0.2, 0) is 32.7 Å². The van der Waals surface area contributed by atoms with Crippen LogP contribution in [0.4, 0.5) is 0 Å². The van der Waals surface area contributed by atoms with Crippen molar-refractivity contribution in [3.05, 3.63) is 24.3 Å². The summed E-state index contributed by atoms with van der Waals surface area (Å²) in [6, 6.07) is 0. The molecule has 9 nitrogen and oxygen atoms in total. The highest BCUT2D eigenvalue weighted by molar-refractivity contribution is 6.44. The zero-order valence-corrected chi connectivity index (χ0v) is 22.0. The number of hydrogen-bond donors (Lipinski definition) is 2. The summed E-state index contributed by atoms with van der Waals surface area (Å²) in [5.74, 6) is -1.08. The maximum Gasteiger partial charge on any atom is 0.333 e. The zero-order valence-electron chi connectivity index (χ0n) is 19.1. The Morgan fingerprint density at radius 2 is 1.13 bits per heavy atom. The Labute approximate surface area is 189 Å². The highest BCUT2D eigenvalue weighted by Crippen LogP contribution is 2.04. The van der Waals surface area contributed by atoms with Crippen LogP contribution in [0.15, 0.2) is 24.3 Å². The largest absolute Gasteiger partial charge is 0.461 e. The molecular formula is C20H38O9Si2. The summed E-state index contributed by atoms with van der Waals surface area (Å²) in [5, 5.41) is 19.8. The summed E-state index contributed by atoms with van der Waals surface area (Å²) < 4.78 is 27.1. The molecule has 0 aliphatic heterocycles. The van der Waals surface area contributed by atoms with E-state index in [4.69, 9.17) is 23.1 Å². The molecule has 31 heavy (non-hydrogen) atoms. The van der Waals surface area contributed by atoms with E-state index in [0.717, 1.165) is 12.8 Å². The van der Waals surface area contributed by atoms with Gasteiger partial charge in [-0.3, -0.25) is 0 Å². The van der Waals surface area contributed by atoms with Crippen molar-refractivity contribution in [1.29, 1.82) is 0 Å². The summed E-state index contributed by atoms with van der Waals surface area (Å²) >= 11 is 0. The third-order valence-electron chi connectivity index (χ3n) is 4.08. The summed E-state index contributed by atoms with van der Waals surface area (Å²) in [6.45, 7) is 13.8. The molecule has 0 aromatic carbocycles. The Hall–Kier alpha value is -1.35. The van der Waals surface area contributed by atoms with Gasteiger partial charge in [0.25, 0.3) is 0 Å². The van der Waals surface area contributed by atoms with Gasteiger partial charge in [0.05, 0.1) is 24.7 Å². The van der Waals surface area contributed by atoms with Gasteiger partial charge < -0.3 is 33.3 Å². The molecule has 0 aromatic rings. The number of esters is 2. The molecule has 0 bridgehead atoms. The second kappa shape index (κ2) is 17.2. The van der Waals surface area contributed by atoms with E-state index >= 15 is 0 Å². The van der Waals surface area contributed by atoms with Crippen LogP contribution in [0.5, 0.6) is 0 Å². The van der Waals surface area contributed by atoms with Gasteiger partial charge >= 0.3 is 11.9 Å². The molecule has 0 radical (unpaired) electrons. The first-order valence-corrected chi connectivity index (χ1v) is 13.2. The number of aliphatic hydroxyl groups is 2. The number of carbonyl (C=O) groups excluding carboxylic acids is 2. The Balaban J connectivity index is 4.10. The monoisotopic (exact) mass is 478 g/mol. The fourth-order valence-corrected chi connectivity index (χ4v) is 5.66. The van der Waals surface area contributed by atoms with Crippen LogP contribution < -0.4 is 0 Å². The lowest BCUT2D eigenvalue weighted by molar-refractivity contribution is -0.144. The molecule has 4 atom stereocenters. The lowest BCUT2D eigenvalue weighted by Gasteiger charge is -2.21. The predicted molar refractivity (Wildman–Crippen MR) is 122 cm³/mol. The number of ether oxygens (including phenoxy) is 4. The third-order valence-corrected chi connectivity index (χ3v) is 8.33. The van der Waals surface area contributed by atoms with Crippen LogP contribution >= 0.6 is 0 Å². The van der Waals surface area contributed by atoms with Gasteiger partial charge in [0.1, 0.15) is 25.4 Å². The van der Waals surface area contributed by atoms with Crippen molar-refractivity contribution in [1.82, 2.24) is 0 Å². The first-order valence-electron chi connectivity index (χ1n) is 10.4. The number of rotatable bonds is 18. The van der Waals surface area contributed by atoms with Gasteiger partial charge in [-0.25, -0.2) is 9.59 Å². The van der Waals surface area contributed by atoms with E-state index in [-0.39, 0.29) is 49.0 Å². The first-order chi connectivity index (χ1) is 14.6. The van der Waals surface area contributed by atoms with Gasteiger partial charge in [0, 0.05) is 11.1 Å². The Bertz CT molecular complexity index is 523. The molecule has 0 aromatic heterocycles. The van der Waals surface area contributed by atoms with Crippen LogP contribution in [0.1, 0.15) is 40.5 Å². The van der Waals surface area contributed by atoms with Crippen molar-refractivity contribution in [2.75, 3.05) is 26.4 Å². The zero-order chi connectivity index (χ0) is 23.8. The highest BCUT2D eigenvalue weighted by atomic mass is 28.3. The molecule has 0 aliphatic rings. The van der Waals surface area contributed by atoms with Crippen molar-refractivity contribution in [2.45, 2.75) is 64.2 Å². The number of aliphatic hydroxyl groups excluding tert-OH is 2. The minimum atomic E-state index is -0.993. The SMILES string of the molecule is C=C(C)C(=O)OCC(O)COC(CC)[SiH2]O[SiH2]C(CC)OCC(O)COC(=O)C(=C)C. The normalized spacial score (nSPS) is 15.7. The summed E-state index contributed by atoms with van der Waals surface area (Å²) in [6.07, 6.45) is -0.307. The summed E-state index contributed by atoms with van der Waals surface area (Å²) in [7, 11) is -1.99. The van der Waals surface area contributed by atoms with Crippen molar-refractivity contribution in [3.63, 3.8) is 0 Å². The quantitative estimate of drug-likeness (QED) is 0.154. The molecule has 180 valence electrons. The standard InChI is InChI=1S/C20H38O9Si2/c1-7-17(25-9-15(21)11-27-19(23)13(3)4)30-29-31-18(8-2)26-10-16(22)12-28-20(24)14(5)6/h15-18,21-22H,3,5,7-12,30-31H2,1-2,4,6H3. The fraction of sp³-hybridized carbons (Fsp3) is 0.700. The van der Waals surface area contributed by atoms with Crippen LogP contribution in [0, 0.1) is 0 Å². The molecule has 0 saturated carbocycles. The minimum absolute atomic E-state index is 0.0582. The maximum atomic E-state index is 11.3. The molecule has 11 heteroatoms. The van der Waals surface area contributed by atoms with Gasteiger partial charge in [-0.1, -0.05) is 27.0 Å². The number of carbonyl (C=O) groups is 2. The molecule has 0 spiro atoms. The van der Waals surface area contributed by atoms with Crippen molar-refractivity contribution >= 4 is 31.5 Å². The van der Waals surface area contributed by atoms with Crippen LogP contribution in [-0.4, -0.2) is 91.8 Å². The van der Waals surface area contributed by atoms with E-state index in [1.165, 1.54) is 13.8 Å². The van der Waals surface area contributed by atoms with E-state index in [1.54, 1.807) is 0 Å².